The number of hydrogen-bond acceptors (Lipinski definition) is 4. The van der Waals surface area contributed by atoms with Crippen LogP contribution in [-0.4, -0.2) is 24.8 Å². The third-order valence-corrected chi connectivity index (χ3v) is 6.22. The molecule has 0 aromatic heterocycles. The molecule has 1 aliphatic rings. The molecule has 0 saturated heterocycles. The minimum Gasteiger partial charge on any atom is -0.508 e. The first-order valence-electron chi connectivity index (χ1n) is 11.2. The van der Waals surface area contributed by atoms with Crippen LogP contribution in [0.4, 0.5) is 0 Å². The Morgan fingerprint density at radius 1 is 0.968 bits per heavy atom. The molecule has 0 spiro atoms. The normalized spacial score (nSPS) is 14.5. The SMILES string of the molecule is COC(=O)CCc1ccc(OCC2CCCCC2)c(-c2ccc3cc(O)ccc3c2)c1. The zero-order chi connectivity index (χ0) is 21.6. The molecule has 1 aliphatic carbocycles. The lowest BCUT2D eigenvalue weighted by molar-refractivity contribution is -0.140. The summed E-state index contributed by atoms with van der Waals surface area (Å²) in [5, 5.41) is 11.8. The second-order valence-electron chi connectivity index (χ2n) is 8.47. The van der Waals surface area contributed by atoms with Crippen molar-refractivity contribution in [2.24, 2.45) is 5.92 Å². The van der Waals surface area contributed by atoms with E-state index in [0.29, 0.717) is 18.8 Å². The van der Waals surface area contributed by atoms with Crippen LogP contribution in [0.2, 0.25) is 0 Å². The highest BCUT2D eigenvalue weighted by Gasteiger charge is 2.16. The Labute approximate surface area is 183 Å². The summed E-state index contributed by atoms with van der Waals surface area (Å²) in [5.41, 5.74) is 3.18. The standard InChI is InChI=1S/C27H30O4/c1-30-27(29)14-8-19-7-13-26(31-18-20-5-3-2-4-6-20)25(15-19)23-10-9-22-17-24(28)12-11-21(22)16-23/h7,9-13,15-17,20,28H,2-6,8,14,18H2,1H3. The Morgan fingerprint density at radius 2 is 1.74 bits per heavy atom. The van der Waals surface area contributed by atoms with Gasteiger partial charge in [0.1, 0.15) is 11.5 Å². The van der Waals surface area contributed by atoms with E-state index in [0.717, 1.165) is 39.8 Å². The molecule has 0 radical (unpaired) electrons. The summed E-state index contributed by atoms with van der Waals surface area (Å²) in [4.78, 5) is 11.6. The molecule has 4 heteroatoms. The number of rotatable bonds is 7. The maximum absolute atomic E-state index is 11.6. The van der Waals surface area contributed by atoms with Gasteiger partial charge in [-0.15, -0.1) is 0 Å². The number of aromatic hydroxyl groups is 1. The Balaban J connectivity index is 1.63. The first kappa shape index (κ1) is 21.2. The quantitative estimate of drug-likeness (QED) is 0.459. The molecule has 1 N–H and O–H groups in total. The molecule has 0 heterocycles. The van der Waals surface area contributed by atoms with Gasteiger partial charge in [-0.25, -0.2) is 0 Å². The van der Waals surface area contributed by atoms with Crippen LogP contribution in [0.5, 0.6) is 11.5 Å². The smallest absolute Gasteiger partial charge is 0.305 e. The lowest BCUT2D eigenvalue weighted by Crippen LogP contribution is -2.15. The summed E-state index contributed by atoms with van der Waals surface area (Å²) in [6.07, 6.45) is 7.40. The lowest BCUT2D eigenvalue weighted by atomic mass is 9.90. The molecule has 4 rings (SSSR count). The fraction of sp³-hybridized carbons (Fsp3) is 0.370. The van der Waals surface area contributed by atoms with Crippen LogP contribution in [0.3, 0.4) is 0 Å². The van der Waals surface area contributed by atoms with Gasteiger partial charge in [0.25, 0.3) is 0 Å². The summed E-state index contributed by atoms with van der Waals surface area (Å²) < 4.78 is 11.1. The first-order chi connectivity index (χ1) is 15.1. The third-order valence-electron chi connectivity index (χ3n) is 6.22. The van der Waals surface area contributed by atoms with E-state index in [4.69, 9.17) is 9.47 Å². The van der Waals surface area contributed by atoms with Crippen molar-refractivity contribution in [1.82, 2.24) is 0 Å². The van der Waals surface area contributed by atoms with E-state index in [2.05, 4.69) is 18.2 Å². The van der Waals surface area contributed by atoms with Gasteiger partial charge in [0, 0.05) is 12.0 Å². The van der Waals surface area contributed by atoms with Crippen LogP contribution < -0.4 is 4.74 Å². The van der Waals surface area contributed by atoms with Gasteiger partial charge in [-0.05, 0) is 77.4 Å². The van der Waals surface area contributed by atoms with Crippen molar-refractivity contribution in [3.63, 3.8) is 0 Å². The molecule has 0 aliphatic heterocycles. The molecule has 162 valence electrons. The van der Waals surface area contributed by atoms with Gasteiger partial charge < -0.3 is 14.6 Å². The van der Waals surface area contributed by atoms with Crippen molar-refractivity contribution in [3.05, 3.63) is 60.2 Å². The predicted molar refractivity (Wildman–Crippen MR) is 123 cm³/mol. The van der Waals surface area contributed by atoms with Crippen molar-refractivity contribution in [2.75, 3.05) is 13.7 Å². The highest BCUT2D eigenvalue weighted by atomic mass is 16.5. The Hall–Kier alpha value is -3.01. The number of carbonyl (C=O) groups is 1. The number of esters is 1. The van der Waals surface area contributed by atoms with Gasteiger partial charge in [0.05, 0.1) is 13.7 Å². The number of phenolic OH excluding ortho intramolecular Hbond substituents is 1. The largest absolute Gasteiger partial charge is 0.508 e. The van der Waals surface area contributed by atoms with E-state index in [9.17, 15) is 9.90 Å². The number of fused-ring (bicyclic) bond motifs is 1. The zero-order valence-electron chi connectivity index (χ0n) is 18.1. The summed E-state index contributed by atoms with van der Waals surface area (Å²) >= 11 is 0. The number of phenols is 1. The number of benzene rings is 3. The van der Waals surface area contributed by atoms with E-state index in [1.165, 1.54) is 39.2 Å². The number of hydrogen-bond donors (Lipinski definition) is 1. The zero-order valence-corrected chi connectivity index (χ0v) is 18.1. The Bertz CT molecular complexity index is 1050. The van der Waals surface area contributed by atoms with Crippen LogP contribution in [0.1, 0.15) is 44.1 Å². The molecule has 1 fully saturated rings. The summed E-state index contributed by atoms with van der Waals surface area (Å²) in [6.45, 7) is 0.746. The van der Waals surface area contributed by atoms with Gasteiger partial charge in [-0.3, -0.25) is 4.79 Å². The van der Waals surface area contributed by atoms with Crippen molar-refractivity contribution in [2.45, 2.75) is 44.9 Å². The molecule has 4 nitrogen and oxygen atoms in total. The molecule has 0 unspecified atom stereocenters. The summed E-state index contributed by atoms with van der Waals surface area (Å²) in [7, 11) is 1.42. The van der Waals surface area contributed by atoms with E-state index < -0.39 is 0 Å². The van der Waals surface area contributed by atoms with Gasteiger partial charge in [0.2, 0.25) is 0 Å². The van der Waals surface area contributed by atoms with E-state index in [-0.39, 0.29) is 11.7 Å². The van der Waals surface area contributed by atoms with Crippen LogP contribution in [-0.2, 0) is 16.0 Å². The van der Waals surface area contributed by atoms with Crippen LogP contribution in [0.25, 0.3) is 21.9 Å². The fourth-order valence-electron chi connectivity index (χ4n) is 4.39. The maximum Gasteiger partial charge on any atom is 0.305 e. The molecular weight excluding hydrogens is 388 g/mol. The Morgan fingerprint density at radius 3 is 2.55 bits per heavy atom. The number of ether oxygens (including phenoxy) is 2. The molecule has 1 saturated carbocycles. The topological polar surface area (TPSA) is 55.8 Å². The maximum atomic E-state index is 11.6. The van der Waals surface area contributed by atoms with Crippen molar-refractivity contribution < 1.29 is 19.4 Å². The molecule has 0 atom stereocenters. The van der Waals surface area contributed by atoms with Gasteiger partial charge in [-0.2, -0.15) is 0 Å². The second kappa shape index (κ2) is 9.86. The third kappa shape index (κ3) is 5.38. The minimum atomic E-state index is -0.204. The first-order valence-corrected chi connectivity index (χ1v) is 11.2. The van der Waals surface area contributed by atoms with Gasteiger partial charge in [0.15, 0.2) is 0 Å². The summed E-state index contributed by atoms with van der Waals surface area (Å²) in [6, 6.07) is 17.8. The average molecular weight is 419 g/mol. The fourth-order valence-corrected chi connectivity index (χ4v) is 4.39. The molecule has 0 bridgehead atoms. The molecule has 3 aromatic carbocycles. The number of methoxy groups -OCH3 is 1. The number of carbonyl (C=O) groups excluding carboxylic acids is 1. The highest BCUT2D eigenvalue weighted by Crippen LogP contribution is 2.35. The van der Waals surface area contributed by atoms with Crippen LogP contribution >= 0.6 is 0 Å². The van der Waals surface area contributed by atoms with E-state index in [1.807, 2.05) is 24.3 Å². The van der Waals surface area contributed by atoms with E-state index in [1.54, 1.807) is 12.1 Å². The monoisotopic (exact) mass is 418 g/mol. The van der Waals surface area contributed by atoms with Crippen molar-refractivity contribution in [3.8, 4) is 22.6 Å². The predicted octanol–water partition coefficient (Wildman–Crippen LogP) is 6.28. The van der Waals surface area contributed by atoms with Crippen LogP contribution in [0, 0.1) is 5.92 Å². The van der Waals surface area contributed by atoms with Crippen molar-refractivity contribution >= 4 is 16.7 Å². The lowest BCUT2D eigenvalue weighted by Gasteiger charge is -2.23. The molecular formula is C27H30O4. The van der Waals surface area contributed by atoms with Crippen LogP contribution in [0.15, 0.2) is 54.6 Å². The number of aryl methyl sites for hydroxylation is 1. The average Bonchev–Trinajstić information content (AvgIpc) is 2.81. The van der Waals surface area contributed by atoms with Gasteiger partial charge in [-0.1, -0.05) is 43.5 Å². The molecule has 0 amide bonds. The molecule has 31 heavy (non-hydrogen) atoms. The Kier molecular flexibility index (Phi) is 6.76. The summed E-state index contributed by atoms with van der Waals surface area (Å²) in [5.74, 6) is 1.57. The van der Waals surface area contributed by atoms with Crippen molar-refractivity contribution in [1.29, 1.82) is 0 Å². The molecule has 3 aromatic rings. The highest BCUT2D eigenvalue weighted by molar-refractivity contribution is 5.89. The second-order valence-corrected chi connectivity index (χ2v) is 8.47. The minimum absolute atomic E-state index is 0.204. The van der Waals surface area contributed by atoms with Gasteiger partial charge >= 0.3 is 5.97 Å². The van der Waals surface area contributed by atoms with E-state index >= 15 is 0 Å².